The highest BCUT2D eigenvalue weighted by atomic mass is 16.6. The number of carbonyl (C=O) groups excluding carboxylic acids is 2. The normalized spacial score (nSPS) is 13.4. The van der Waals surface area contributed by atoms with E-state index in [1.54, 1.807) is 27.7 Å². The van der Waals surface area contributed by atoms with Gasteiger partial charge in [0.05, 0.1) is 6.61 Å². The Balaban J connectivity index is 4.14. The molecule has 15 heavy (non-hydrogen) atoms. The molecule has 0 aromatic carbocycles. The second kappa shape index (κ2) is 5.85. The average molecular weight is 216 g/mol. The van der Waals surface area contributed by atoms with Crippen LogP contribution >= 0.6 is 0 Å². The van der Waals surface area contributed by atoms with Crippen LogP contribution in [0.1, 0.15) is 34.1 Å². The highest BCUT2D eigenvalue weighted by molar-refractivity contribution is 5.98. The average Bonchev–Trinajstić information content (AvgIpc) is 2.10. The van der Waals surface area contributed by atoms with Crippen molar-refractivity contribution >= 4 is 11.8 Å². The van der Waals surface area contributed by atoms with Crippen LogP contribution in [0.15, 0.2) is 0 Å². The van der Waals surface area contributed by atoms with E-state index in [0.717, 1.165) is 0 Å². The molecule has 0 aliphatic carbocycles. The molecule has 0 amide bonds. The minimum atomic E-state index is -0.709. The van der Waals surface area contributed by atoms with Crippen molar-refractivity contribution in [3.63, 3.8) is 0 Å². The van der Waals surface area contributed by atoms with Crippen LogP contribution in [-0.2, 0) is 19.1 Å². The summed E-state index contributed by atoms with van der Waals surface area (Å²) in [5.41, 5.74) is -0.549. The van der Waals surface area contributed by atoms with Gasteiger partial charge in [-0.1, -0.05) is 0 Å². The van der Waals surface area contributed by atoms with Gasteiger partial charge in [0.2, 0.25) is 0 Å². The smallest absolute Gasteiger partial charge is 0.316 e. The topological polar surface area (TPSA) is 52.6 Å². The fourth-order valence-corrected chi connectivity index (χ4v) is 0.941. The highest BCUT2D eigenvalue weighted by Crippen LogP contribution is 2.12. The SMILES string of the molecule is COCCC(=O)C(C)C(=O)OC(C)(C)C. The third-order valence-electron chi connectivity index (χ3n) is 1.80. The molecule has 0 bridgehead atoms. The molecule has 4 heteroatoms. The van der Waals surface area contributed by atoms with E-state index < -0.39 is 17.5 Å². The summed E-state index contributed by atoms with van der Waals surface area (Å²) < 4.78 is 9.87. The predicted molar refractivity (Wildman–Crippen MR) is 56.5 cm³/mol. The molecule has 4 nitrogen and oxygen atoms in total. The maximum absolute atomic E-state index is 11.5. The van der Waals surface area contributed by atoms with Crippen LogP contribution in [-0.4, -0.2) is 31.1 Å². The van der Waals surface area contributed by atoms with Crippen molar-refractivity contribution < 1.29 is 19.1 Å². The summed E-state index contributed by atoms with van der Waals surface area (Å²) >= 11 is 0. The minimum Gasteiger partial charge on any atom is -0.459 e. The van der Waals surface area contributed by atoms with Gasteiger partial charge in [-0.2, -0.15) is 0 Å². The molecule has 0 spiro atoms. The van der Waals surface area contributed by atoms with Crippen molar-refractivity contribution in [2.24, 2.45) is 5.92 Å². The van der Waals surface area contributed by atoms with Crippen molar-refractivity contribution in [3.05, 3.63) is 0 Å². The van der Waals surface area contributed by atoms with E-state index >= 15 is 0 Å². The Kier molecular flexibility index (Phi) is 5.50. The van der Waals surface area contributed by atoms with Gasteiger partial charge in [0, 0.05) is 13.5 Å². The zero-order valence-electron chi connectivity index (χ0n) is 10.1. The molecule has 0 aromatic heterocycles. The second-order valence-electron chi connectivity index (χ2n) is 4.46. The van der Waals surface area contributed by atoms with Gasteiger partial charge in [-0.3, -0.25) is 9.59 Å². The zero-order chi connectivity index (χ0) is 12.1. The first kappa shape index (κ1) is 14.1. The molecule has 0 N–H and O–H groups in total. The molecule has 0 saturated heterocycles. The van der Waals surface area contributed by atoms with Crippen LogP contribution in [0, 0.1) is 5.92 Å². The first-order valence-electron chi connectivity index (χ1n) is 5.02. The van der Waals surface area contributed by atoms with Crippen LogP contribution in [0.4, 0.5) is 0 Å². The lowest BCUT2D eigenvalue weighted by molar-refractivity contribution is -0.161. The van der Waals surface area contributed by atoms with E-state index in [2.05, 4.69) is 0 Å². The Morgan fingerprint density at radius 3 is 2.20 bits per heavy atom. The Bertz CT molecular complexity index is 227. The number of methoxy groups -OCH3 is 1. The number of rotatable bonds is 5. The minimum absolute atomic E-state index is 0.147. The molecule has 0 radical (unpaired) electrons. The lowest BCUT2D eigenvalue weighted by Gasteiger charge is -2.21. The number of hydrogen-bond acceptors (Lipinski definition) is 4. The van der Waals surface area contributed by atoms with E-state index in [1.165, 1.54) is 7.11 Å². The second-order valence-corrected chi connectivity index (χ2v) is 4.46. The van der Waals surface area contributed by atoms with Crippen molar-refractivity contribution in [1.29, 1.82) is 0 Å². The fourth-order valence-electron chi connectivity index (χ4n) is 0.941. The Labute approximate surface area is 90.9 Å². The molecule has 0 aliphatic rings. The van der Waals surface area contributed by atoms with Crippen LogP contribution in [0.3, 0.4) is 0 Å². The van der Waals surface area contributed by atoms with E-state index in [0.29, 0.717) is 6.61 Å². The van der Waals surface area contributed by atoms with Gasteiger partial charge >= 0.3 is 5.97 Å². The molecular formula is C11H20O4. The van der Waals surface area contributed by atoms with E-state index in [1.807, 2.05) is 0 Å². The highest BCUT2D eigenvalue weighted by Gasteiger charge is 2.26. The molecular weight excluding hydrogens is 196 g/mol. The number of ether oxygens (including phenoxy) is 2. The maximum atomic E-state index is 11.5. The van der Waals surface area contributed by atoms with Gasteiger partial charge in [0.25, 0.3) is 0 Å². The standard InChI is InChI=1S/C11H20O4/c1-8(9(12)6-7-14-5)10(13)15-11(2,3)4/h8H,6-7H2,1-5H3. The van der Waals surface area contributed by atoms with Crippen molar-refractivity contribution in [2.75, 3.05) is 13.7 Å². The summed E-state index contributed by atoms with van der Waals surface area (Å²) in [6, 6.07) is 0. The largest absolute Gasteiger partial charge is 0.459 e. The first-order valence-corrected chi connectivity index (χ1v) is 5.02. The summed E-state index contributed by atoms with van der Waals surface area (Å²) in [6.07, 6.45) is 0.247. The number of carbonyl (C=O) groups is 2. The first-order chi connectivity index (χ1) is 6.78. The Morgan fingerprint density at radius 1 is 1.27 bits per heavy atom. The van der Waals surface area contributed by atoms with E-state index in [4.69, 9.17) is 9.47 Å². The summed E-state index contributed by atoms with van der Waals surface area (Å²) in [6.45, 7) is 7.23. The van der Waals surface area contributed by atoms with E-state index in [-0.39, 0.29) is 12.2 Å². The summed E-state index contributed by atoms with van der Waals surface area (Å²) in [5.74, 6) is -1.32. The summed E-state index contributed by atoms with van der Waals surface area (Å²) in [5, 5.41) is 0. The van der Waals surface area contributed by atoms with Gasteiger partial charge in [0.1, 0.15) is 17.3 Å². The number of hydrogen-bond donors (Lipinski definition) is 0. The Hall–Kier alpha value is -0.900. The number of Topliss-reactive ketones (excluding diaryl/α,β-unsaturated/α-hetero) is 1. The van der Waals surface area contributed by atoms with Gasteiger partial charge in [0.15, 0.2) is 0 Å². The third kappa shape index (κ3) is 6.23. The maximum Gasteiger partial charge on any atom is 0.316 e. The van der Waals surface area contributed by atoms with E-state index in [9.17, 15) is 9.59 Å². The summed E-state index contributed by atoms with van der Waals surface area (Å²) in [4.78, 5) is 22.9. The lowest BCUT2D eigenvalue weighted by atomic mass is 10.0. The molecule has 0 saturated carbocycles. The van der Waals surface area contributed by atoms with Crippen molar-refractivity contribution in [3.8, 4) is 0 Å². The number of ketones is 1. The molecule has 1 atom stereocenters. The molecule has 0 fully saturated rings. The van der Waals surface area contributed by atoms with Gasteiger partial charge < -0.3 is 9.47 Å². The van der Waals surface area contributed by atoms with Crippen molar-refractivity contribution in [1.82, 2.24) is 0 Å². The molecule has 0 aliphatic heterocycles. The monoisotopic (exact) mass is 216 g/mol. The van der Waals surface area contributed by atoms with Gasteiger partial charge in [-0.05, 0) is 27.7 Å². The molecule has 0 heterocycles. The lowest BCUT2D eigenvalue weighted by Crippen LogP contribution is -2.31. The zero-order valence-corrected chi connectivity index (χ0v) is 10.1. The molecule has 1 unspecified atom stereocenters. The molecule has 0 rings (SSSR count). The van der Waals surface area contributed by atoms with Crippen molar-refractivity contribution in [2.45, 2.75) is 39.7 Å². The predicted octanol–water partition coefficient (Wildman–Crippen LogP) is 1.57. The summed E-state index contributed by atoms with van der Waals surface area (Å²) in [7, 11) is 1.52. The quantitative estimate of drug-likeness (QED) is 0.517. The Morgan fingerprint density at radius 2 is 1.80 bits per heavy atom. The van der Waals surface area contributed by atoms with Gasteiger partial charge in [-0.15, -0.1) is 0 Å². The number of esters is 1. The van der Waals surface area contributed by atoms with Crippen LogP contribution in [0.2, 0.25) is 0 Å². The molecule has 88 valence electrons. The third-order valence-corrected chi connectivity index (χ3v) is 1.80. The van der Waals surface area contributed by atoms with Crippen LogP contribution in [0.5, 0.6) is 0 Å². The van der Waals surface area contributed by atoms with Crippen LogP contribution in [0.25, 0.3) is 0 Å². The van der Waals surface area contributed by atoms with Gasteiger partial charge in [-0.25, -0.2) is 0 Å². The van der Waals surface area contributed by atoms with Crippen LogP contribution < -0.4 is 0 Å². The fraction of sp³-hybridized carbons (Fsp3) is 0.818. The molecule has 0 aromatic rings.